The zero-order chi connectivity index (χ0) is 16.7. The monoisotopic (exact) mass is 324 g/mol. The molecule has 0 radical (unpaired) electrons. The fourth-order valence-electron chi connectivity index (χ4n) is 3.66. The van der Waals surface area contributed by atoms with Crippen LogP contribution in [0.2, 0.25) is 0 Å². The van der Waals surface area contributed by atoms with Crippen LogP contribution < -0.4 is 5.32 Å². The molecule has 1 N–H and O–H groups in total. The molecule has 6 heteroatoms. The number of Topliss-reactive ketones (excluding diaryl/α,β-unsaturated/α-hetero) is 1. The molecule has 4 rings (SSSR count). The lowest BCUT2D eigenvalue weighted by molar-refractivity contribution is -0.131. The van der Waals surface area contributed by atoms with Crippen molar-refractivity contribution in [2.75, 3.05) is 18.4 Å². The van der Waals surface area contributed by atoms with Gasteiger partial charge in [-0.15, -0.1) is 0 Å². The molecule has 2 aliphatic rings. The van der Waals surface area contributed by atoms with Gasteiger partial charge in [0.15, 0.2) is 5.76 Å². The number of piperidine rings is 1. The zero-order valence-electron chi connectivity index (χ0n) is 13.0. The largest absolute Gasteiger partial charge is 0.461 e. The summed E-state index contributed by atoms with van der Waals surface area (Å²) in [7, 11) is 0. The van der Waals surface area contributed by atoms with Crippen molar-refractivity contribution >= 4 is 23.3 Å². The number of carbonyl (C=O) groups excluding carboxylic acids is 3. The number of rotatable bonds is 2. The Labute approximate surface area is 138 Å². The van der Waals surface area contributed by atoms with Gasteiger partial charge < -0.3 is 14.6 Å². The predicted molar refractivity (Wildman–Crippen MR) is 85.6 cm³/mol. The van der Waals surface area contributed by atoms with Gasteiger partial charge in [0.05, 0.1) is 11.7 Å². The SMILES string of the molecule is O=C(C(=O)N1CCC[C@]2(C1)C(=O)Nc1ccccc12)c1ccco1. The van der Waals surface area contributed by atoms with E-state index in [0.717, 1.165) is 11.3 Å². The lowest BCUT2D eigenvalue weighted by atomic mass is 9.75. The molecule has 122 valence electrons. The highest BCUT2D eigenvalue weighted by molar-refractivity contribution is 6.42. The second-order valence-electron chi connectivity index (χ2n) is 6.22. The van der Waals surface area contributed by atoms with Crippen molar-refractivity contribution in [1.29, 1.82) is 0 Å². The number of carbonyl (C=O) groups is 3. The van der Waals surface area contributed by atoms with Crippen LogP contribution in [0.15, 0.2) is 47.1 Å². The Hall–Kier alpha value is -2.89. The highest BCUT2D eigenvalue weighted by Crippen LogP contribution is 2.43. The number of anilines is 1. The third-order valence-electron chi connectivity index (χ3n) is 4.84. The first kappa shape index (κ1) is 14.7. The molecule has 0 saturated carbocycles. The Bertz CT molecular complexity index is 827. The van der Waals surface area contributed by atoms with E-state index in [4.69, 9.17) is 4.42 Å². The molecule has 2 amide bonds. The molecule has 3 heterocycles. The number of furan rings is 1. The minimum atomic E-state index is -0.770. The second kappa shape index (κ2) is 5.33. The van der Waals surface area contributed by atoms with Crippen LogP contribution >= 0.6 is 0 Å². The first-order valence-electron chi connectivity index (χ1n) is 7.90. The normalized spacial score (nSPS) is 22.3. The molecule has 1 fully saturated rings. The van der Waals surface area contributed by atoms with Gasteiger partial charge in [-0.1, -0.05) is 18.2 Å². The van der Waals surface area contributed by atoms with Crippen LogP contribution in [0.1, 0.15) is 29.0 Å². The van der Waals surface area contributed by atoms with Crippen molar-refractivity contribution in [1.82, 2.24) is 4.90 Å². The predicted octanol–water partition coefficient (Wildman–Crippen LogP) is 1.97. The Kier molecular flexibility index (Phi) is 3.26. The van der Waals surface area contributed by atoms with Crippen LogP contribution in [0.4, 0.5) is 5.69 Å². The third-order valence-corrected chi connectivity index (χ3v) is 4.84. The van der Waals surface area contributed by atoms with E-state index >= 15 is 0 Å². The molecule has 0 bridgehead atoms. The maximum atomic E-state index is 12.6. The standard InChI is InChI=1S/C18H16N2O4/c21-15(14-7-3-10-24-14)16(22)20-9-4-8-18(11-20)12-5-1-2-6-13(12)19-17(18)23/h1-3,5-7,10H,4,8-9,11H2,(H,19,23)/t18-/m1/s1. The lowest BCUT2D eigenvalue weighted by Crippen LogP contribution is -2.53. The van der Waals surface area contributed by atoms with E-state index < -0.39 is 17.1 Å². The molecule has 24 heavy (non-hydrogen) atoms. The van der Waals surface area contributed by atoms with Crippen molar-refractivity contribution in [3.8, 4) is 0 Å². The minimum absolute atomic E-state index is 0.0240. The quantitative estimate of drug-likeness (QED) is 0.676. The number of likely N-dealkylation sites (tertiary alicyclic amines) is 1. The van der Waals surface area contributed by atoms with Crippen LogP contribution in [0.25, 0.3) is 0 Å². The third kappa shape index (κ3) is 2.06. The van der Waals surface area contributed by atoms with Crippen LogP contribution in [0.5, 0.6) is 0 Å². The summed E-state index contributed by atoms with van der Waals surface area (Å²) >= 11 is 0. The van der Waals surface area contributed by atoms with E-state index in [1.54, 1.807) is 6.07 Å². The van der Waals surface area contributed by atoms with Gasteiger partial charge in [0.25, 0.3) is 11.7 Å². The number of benzene rings is 1. The van der Waals surface area contributed by atoms with Gasteiger partial charge in [-0.05, 0) is 36.6 Å². The van der Waals surface area contributed by atoms with Crippen LogP contribution in [-0.2, 0) is 15.0 Å². The van der Waals surface area contributed by atoms with Gasteiger partial charge >= 0.3 is 0 Å². The van der Waals surface area contributed by atoms with E-state index in [9.17, 15) is 14.4 Å². The summed E-state index contributed by atoms with van der Waals surface area (Å²) in [5.41, 5.74) is 0.917. The molecule has 2 aliphatic heterocycles. The highest BCUT2D eigenvalue weighted by atomic mass is 16.3. The molecule has 1 spiro atoms. The second-order valence-corrected chi connectivity index (χ2v) is 6.22. The molecule has 1 aromatic heterocycles. The van der Waals surface area contributed by atoms with Gasteiger partial charge in [0.1, 0.15) is 0 Å². The van der Waals surface area contributed by atoms with Crippen LogP contribution in [-0.4, -0.2) is 35.6 Å². The first-order chi connectivity index (χ1) is 11.6. The minimum Gasteiger partial charge on any atom is -0.461 e. The van der Waals surface area contributed by atoms with Crippen molar-refractivity contribution in [2.45, 2.75) is 18.3 Å². The molecule has 1 atom stereocenters. The highest BCUT2D eigenvalue weighted by Gasteiger charge is 2.50. The van der Waals surface area contributed by atoms with E-state index in [-0.39, 0.29) is 18.2 Å². The van der Waals surface area contributed by atoms with Gasteiger partial charge in [0.2, 0.25) is 5.91 Å². The summed E-state index contributed by atoms with van der Waals surface area (Å²) in [6.45, 7) is 0.670. The number of para-hydroxylation sites is 1. The maximum absolute atomic E-state index is 12.6. The van der Waals surface area contributed by atoms with E-state index in [2.05, 4.69) is 5.32 Å². The summed E-state index contributed by atoms with van der Waals surface area (Å²) in [4.78, 5) is 38.9. The fraction of sp³-hybridized carbons (Fsp3) is 0.278. The van der Waals surface area contributed by atoms with Crippen molar-refractivity contribution in [3.05, 3.63) is 54.0 Å². The van der Waals surface area contributed by atoms with Crippen LogP contribution in [0, 0.1) is 0 Å². The number of amides is 2. The molecule has 0 aliphatic carbocycles. The lowest BCUT2D eigenvalue weighted by Gasteiger charge is -2.38. The fourth-order valence-corrected chi connectivity index (χ4v) is 3.66. The molecular weight excluding hydrogens is 308 g/mol. The molecular formula is C18H16N2O4. The molecule has 2 aromatic rings. The number of nitrogens with zero attached hydrogens (tertiary/aromatic N) is 1. The van der Waals surface area contributed by atoms with Gasteiger partial charge in [0, 0.05) is 18.8 Å². The van der Waals surface area contributed by atoms with E-state index in [1.165, 1.54) is 17.2 Å². The van der Waals surface area contributed by atoms with Crippen molar-refractivity contribution < 1.29 is 18.8 Å². The molecule has 6 nitrogen and oxygen atoms in total. The maximum Gasteiger partial charge on any atom is 0.298 e. The Morgan fingerprint density at radius 1 is 1.17 bits per heavy atom. The molecule has 1 aromatic carbocycles. The van der Waals surface area contributed by atoms with Gasteiger partial charge in [-0.3, -0.25) is 14.4 Å². The zero-order valence-corrected chi connectivity index (χ0v) is 13.0. The van der Waals surface area contributed by atoms with Gasteiger partial charge in [-0.2, -0.15) is 0 Å². The Balaban J connectivity index is 1.64. The summed E-state index contributed by atoms with van der Waals surface area (Å²) < 4.78 is 5.03. The molecule has 1 saturated heterocycles. The average Bonchev–Trinajstić information content (AvgIpc) is 3.23. The number of hydrogen-bond donors (Lipinski definition) is 1. The molecule has 0 unspecified atom stereocenters. The topological polar surface area (TPSA) is 79.6 Å². The average molecular weight is 324 g/mol. The van der Waals surface area contributed by atoms with Crippen molar-refractivity contribution in [2.24, 2.45) is 0 Å². The van der Waals surface area contributed by atoms with Crippen LogP contribution in [0.3, 0.4) is 0 Å². The number of ketones is 1. The number of hydrogen-bond acceptors (Lipinski definition) is 4. The Morgan fingerprint density at radius 2 is 2.00 bits per heavy atom. The van der Waals surface area contributed by atoms with Gasteiger partial charge in [-0.25, -0.2) is 0 Å². The summed E-state index contributed by atoms with van der Waals surface area (Å²) in [5, 5.41) is 2.89. The summed E-state index contributed by atoms with van der Waals surface area (Å²) in [6, 6.07) is 10.6. The first-order valence-corrected chi connectivity index (χ1v) is 7.90. The van der Waals surface area contributed by atoms with Crippen molar-refractivity contribution in [3.63, 3.8) is 0 Å². The summed E-state index contributed by atoms with van der Waals surface area (Å²) in [6.07, 6.45) is 2.69. The number of nitrogens with one attached hydrogen (secondary N) is 1. The van der Waals surface area contributed by atoms with E-state index in [0.29, 0.717) is 19.4 Å². The number of fused-ring (bicyclic) bond motifs is 2. The van der Waals surface area contributed by atoms with E-state index in [1.807, 2.05) is 24.3 Å². The summed E-state index contributed by atoms with van der Waals surface area (Å²) in [5.74, 6) is -1.38. The smallest absolute Gasteiger partial charge is 0.298 e. The Morgan fingerprint density at radius 3 is 2.79 bits per heavy atom.